The average Bonchev–Trinajstić information content (AvgIpc) is 3.06. The van der Waals surface area contributed by atoms with E-state index in [0.29, 0.717) is 5.16 Å². The number of aryl methyl sites for hydroxylation is 2. The number of imidazole rings is 1. The van der Waals surface area contributed by atoms with Crippen molar-refractivity contribution < 1.29 is 13.6 Å². The molecule has 0 saturated carbocycles. The Bertz CT molecular complexity index is 956. The number of carbonyl (C=O) groups is 1. The number of halogens is 2. The lowest BCUT2D eigenvalue weighted by molar-refractivity contribution is -0.113. The molecule has 2 aromatic carbocycles. The molecule has 1 amide bonds. The summed E-state index contributed by atoms with van der Waals surface area (Å²) in [6.45, 7) is 4.02. The highest BCUT2D eigenvalue weighted by atomic mass is 32.2. The number of hydrogen-bond acceptors (Lipinski definition) is 3. The number of nitrogens with one attached hydrogen (secondary N) is 1. The minimum Gasteiger partial charge on any atom is -0.323 e. The Hall–Kier alpha value is -2.67. The third-order valence-corrected chi connectivity index (χ3v) is 4.74. The quantitative estimate of drug-likeness (QED) is 0.670. The monoisotopic (exact) mass is 373 g/mol. The van der Waals surface area contributed by atoms with Gasteiger partial charge in [0.15, 0.2) is 5.16 Å². The molecule has 4 nitrogen and oxygen atoms in total. The molecule has 26 heavy (non-hydrogen) atoms. The number of rotatable bonds is 5. The van der Waals surface area contributed by atoms with Gasteiger partial charge in [0, 0.05) is 18.5 Å². The molecule has 1 heterocycles. The highest BCUT2D eigenvalue weighted by molar-refractivity contribution is 7.99. The maximum atomic E-state index is 13.6. The van der Waals surface area contributed by atoms with E-state index >= 15 is 0 Å². The fourth-order valence-electron chi connectivity index (χ4n) is 2.47. The minimum absolute atomic E-state index is 0.0464. The van der Waals surface area contributed by atoms with Gasteiger partial charge in [-0.3, -0.25) is 9.36 Å². The van der Waals surface area contributed by atoms with Crippen LogP contribution in [0, 0.1) is 25.5 Å². The van der Waals surface area contributed by atoms with Crippen molar-refractivity contribution in [3.63, 3.8) is 0 Å². The van der Waals surface area contributed by atoms with Crippen molar-refractivity contribution in [3.8, 4) is 5.69 Å². The Balaban J connectivity index is 1.70. The van der Waals surface area contributed by atoms with Crippen molar-refractivity contribution in [1.82, 2.24) is 9.55 Å². The Morgan fingerprint density at radius 1 is 1.19 bits per heavy atom. The first-order valence-electron chi connectivity index (χ1n) is 7.93. The molecule has 0 saturated heterocycles. The van der Waals surface area contributed by atoms with Crippen molar-refractivity contribution in [2.24, 2.45) is 0 Å². The van der Waals surface area contributed by atoms with Gasteiger partial charge in [0.25, 0.3) is 0 Å². The van der Waals surface area contributed by atoms with Crippen LogP contribution in [-0.4, -0.2) is 21.2 Å². The third kappa shape index (κ3) is 4.11. The predicted molar refractivity (Wildman–Crippen MR) is 98.7 cm³/mol. The van der Waals surface area contributed by atoms with Crippen LogP contribution in [0.25, 0.3) is 5.69 Å². The summed E-state index contributed by atoms with van der Waals surface area (Å²) < 4.78 is 28.4. The van der Waals surface area contributed by atoms with Crippen molar-refractivity contribution in [1.29, 1.82) is 0 Å². The molecule has 0 fully saturated rings. The molecule has 0 spiro atoms. The highest BCUT2D eigenvalue weighted by Gasteiger charge is 2.12. The molecule has 0 bridgehead atoms. The average molecular weight is 373 g/mol. The third-order valence-electron chi connectivity index (χ3n) is 3.77. The number of anilines is 1. The zero-order chi connectivity index (χ0) is 18.7. The SMILES string of the molecule is Cc1ccc(C)c(-n2ccnc2SCC(=O)Nc2ccc(F)cc2F)c1. The summed E-state index contributed by atoms with van der Waals surface area (Å²) in [6.07, 6.45) is 3.50. The number of amides is 1. The lowest BCUT2D eigenvalue weighted by Gasteiger charge is -2.11. The maximum absolute atomic E-state index is 13.6. The summed E-state index contributed by atoms with van der Waals surface area (Å²) >= 11 is 1.24. The second-order valence-electron chi connectivity index (χ2n) is 5.83. The minimum atomic E-state index is -0.805. The molecular weight excluding hydrogens is 356 g/mol. The molecule has 0 aliphatic carbocycles. The van der Waals surface area contributed by atoms with E-state index < -0.39 is 17.5 Å². The molecule has 134 valence electrons. The standard InChI is InChI=1S/C19H17F2N3OS/c1-12-3-4-13(2)17(9-12)24-8-7-22-19(24)26-11-18(25)23-16-6-5-14(20)10-15(16)21/h3-10H,11H2,1-2H3,(H,23,25). The van der Waals surface area contributed by atoms with Crippen molar-refractivity contribution in [2.45, 2.75) is 19.0 Å². The van der Waals surface area contributed by atoms with Gasteiger partial charge in [-0.05, 0) is 43.2 Å². The summed E-state index contributed by atoms with van der Waals surface area (Å²) in [4.78, 5) is 16.4. The molecule has 0 unspecified atom stereocenters. The molecular formula is C19H17F2N3OS. The van der Waals surface area contributed by atoms with Gasteiger partial charge in [0.2, 0.25) is 5.91 Å². The summed E-state index contributed by atoms with van der Waals surface area (Å²) in [5.74, 6) is -1.83. The van der Waals surface area contributed by atoms with Crippen LogP contribution in [0.2, 0.25) is 0 Å². The van der Waals surface area contributed by atoms with Crippen LogP contribution in [0.15, 0.2) is 53.9 Å². The van der Waals surface area contributed by atoms with Crippen LogP contribution < -0.4 is 5.32 Å². The number of thioether (sulfide) groups is 1. The summed E-state index contributed by atoms with van der Waals surface area (Å²) in [7, 11) is 0. The van der Waals surface area contributed by atoms with E-state index in [1.807, 2.05) is 36.7 Å². The van der Waals surface area contributed by atoms with Gasteiger partial charge in [-0.25, -0.2) is 13.8 Å². The normalized spacial score (nSPS) is 10.8. The number of aromatic nitrogens is 2. The first-order chi connectivity index (χ1) is 12.4. The molecule has 0 radical (unpaired) electrons. The first kappa shape index (κ1) is 18.1. The van der Waals surface area contributed by atoms with Crippen LogP contribution >= 0.6 is 11.8 Å². The van der Waals surface area contributed by atoms with Gasteiger partial charge < -0.3 is 5.32 Å². The van der Waals surface area contributed by atoms with E-state index in [-0.39, 0.29) is 11.4 Å². The Morgan fingerprint density at radius 2 is 2.00 bits per heavy atom. The number of hydrogen-bond donors (Lipinski definition) is 1. The first-order valence-corrected chi connectivity index (χ1v) is 8.91. The molecule has 0 atom stereocenters. The van der Waals surface area contributed by atoms with Crippen molar-refractivity contribution in [3.05, 3.63) is 71.6 Å². The van der Waals surface area contributed by atoms with E-state index in [1.165, 1.54) is 17.8 Å². The van der Waals surface area contributed by atoms with Gasteiger partial charge in [-0.15, -0.1) is 0 Å². The largest absolute Gasteiger partial charge is 0.323 e. The fourth-order valence-corrected chi connectivity index (χ4v) is 3.23. The lowest BCUT2D eigenvalue weighted by atomic mass is 10.1. The Morgan fingerprint density at radius 3 is 2.77 bits per heavy atom. The van der Waals surface area contributed by atoms with Crippen LogP contribution in [0.1, 0.15) is 11.1 Å². The van der Waals surface area contributed by atoms with Crippen LogP contribution in [0.5, 0.6) is 0 Å². The number of carbonyl (C=O) groups excluding carboxylic acids is 1. The maximum Gasteiger partial charge on any atom is 0.234 e. The van der Waals surface area contributed by atoms with E-state index in [1.54, 1.807) is 6.20 Å². The summed E-state index contributed by atoms with van der Waals surface area (Å²) in [6, 6.07) is 9.14. The van der Waals surface area contributed by atoms with Crippen LogP contribution in [0.3, 0.4) is 0 Å². The van der Waals surface area contributed by atoms with E-state index in [2.05, 4.69) is 16.4 Å². The zero-order valence-corrected chi connectivity index (χ0v) is 15.1. The van der Waals surface area contributed by atoms with E-state index in [9.17, 15) is 13.6 Å². The summed E-state index contributed by atoms with van der Waals surface area (Å²) in [5, 5.41) is 3.10. The van der Waals surface area contributed by atoms with Gasteiger partial charge in [0.05, 0.1) is 17.1 Å². The zero-order valence-electron chi connectivity index (χ0n) is 14.3. The number of benzene rings is 2. The number of nitrogens with zero attached hydrogens (tertiary/aromatic N) is 2. The molecule has 7 heteroatoms. The molecule has 0 aliphatic heterocycles. The van der Waals surface area contributed by atoms with Gasteiger partial charge in [-0.2, -0.15) is 0 Å². The molecule has 3 rings (SSSR count). The van der Waals surface area contributed by atoms with Crippen LogP contribution in [-0.2, 0) is 4.79 Å². The molecule has 1 aromatic heterocycles. The van der Waals surface area contributed by atoms with Gasteiger partial charge in [-0.1, -0.05) is 23.9 Å². The van der Waals surface area contributed by atoms with Gasteiger partial charge in [0.1, 0.15) is 11.6 Å². The molecule has 3 aromatic rings. The highest BCUT2D eigenvalue weighted by Crippen LogP contribution is 2.24. The fraction of sp³-hybridized carbons (Fsp3) is 0.158. The Kier molecular flexibility index (Phi) is 5.37. The second kappa shape index (κ2) is 7.70. The van der Waals surface area contributed by atoms with Crippen molar-refractivity contribution >= 4 is 23.4 Å². The summed E-state index contributed by atoms with van der Waals surface area (Å²) in [5.41, 5.74) is 3.16. The molecule has 1 N–H and O–H groups in total. The smallest absolute Gasteiger partial charge is 0.234 e. The van der Waals surface area contributed by atoms with Crippen molar-refractivity contribution in [2.75, 3.05) is 11.1 Å². The molecule has 0 aliphatic rings. The Labute approximate surface area is 154 Å². The predicted octanol–water partition coefficient (Wildman–Crippen LogP) is 4.50. The second-order valence-corrected chi connectivity index (χ2v) is 6.77. The lowest BCUT2D eigenvalue weighted by Crippen LogP contribution is -2.15. The van der Waals surface area contributed by atoms with Crippen LogP contribution in [0.4, 0.5) is 14.5 Å². The van der Waals surface area contributed by atoms with E-state index in [4.69, 9.17) is 0 Å². The van der Waals surface area contributed by atoms with Gasteiger partial charge >= 0.3 is 0 Å². The van der Waals surface area contributed by atoms with E-state index in [0.717, 1.165) is 28.9 Å². The topological polar surface area (TPSA) is 46.9 Å².